The lowest BCUT2D eigenvalue weighted by atomic mass is 10.2. The number of benzene rings is 1. The van der Waals surface area contributed by atoms with Crippen molar-refractivity contribution >= 4 is 21.6 Å². The van der Waals surface area contributed by atoms with E-state index in [0.717, 1.165) is 36.8 Å². The molecule has 1 aromatic carbocycles. The number of carboxylic acid groups (broad SMARTS) is 1. The fourth-order valence-corrected chi connectivity index (χ4v) is 3.05. The van der Waals surface area contributed by atoms with E-state index >= 15 is 0 Å². The van der Waals surface area contributed by atoms with Crippen molar-refractivity contribution in [1.82, 2.24) is 0 Å². The number of rotatable bonds is 5. The SMILES string of the molecule is O=C(O)/C(O)=C/C(=O)c1cocc1S(=O)(=O)c1ccc(F)cc1. The van der Waals surface area contributed by atoms with Crippen LogP contribution in [0.4, 0.5) is 4.39 Å². The van der Waals surface area contributed by atoms with E-state index in [1.54, 1.807) is 0 Å². The van der Waals surface area contributed by atoms with Gasteiger partial charge in [-0.25, -0.2) is 17.6 Å². The molecule has 0 fully saturated rings. The molecule has 0 aliphatic heterocycles. The molecule has 1 aromatic heterocycles. The van der Waals surface area contributed by atoms with Crippen LogP contribution in [0.15, 0.2) is 62.8 Å². The number of allylic oxidation sites excluding steroid dienone is 1. The fourth-order valence-electron chi connectivity index (χ4n) is 1.68. The monoisotopic (exact) mass is 340 g/mol. The van der Waals surface area contributed by atoms with Gasteiger partial charge in [0.2, 0.25) is 15.6 Å². The number of hydrogen-bond donors (Lipinski definition) is 2. The molecule has 0 spiro atoms. The highest BCUT2D eigenvalue weighted by molar-refractivity contribution is 7.91. The summed E-state index contributed by atoms with van der Waals surface area (Å²) in [6, 6.07) is 3.89. The average Bonchev–Trinajstić information content (AvgIpc) is 2.97. The Morgan fingerprint density at radius 2 is 1.70 bits per heavy atom. The summed E-state index contributed by atoms with van der Waals surface area (Å²) in [6.45, 7) is 0. The Kier molecular flexibility index (Phi) is 4.32. The summed E-state index contributed by atoms with van der Waals surface area (Å²) in [5.41, 5.74) is -0.456. The molecule has 7 nitrogen and oxygen atoms in total. The standard InChI is InChI=1S/C14H9FO7S/c15-8-1-3-9(4-2-8)23(20,21)13-7-22-6-10(13)11(16)5-12(17)14(18)19/h1-7,17H,(H,18,19)/b12-5-. The Balaban J connectivity index is 2.49. The fraction of sp³-hybridized carbons (Fsp3) is 0. The molecule has 0 radical (unpaired) electrons. The molecule has 0 unspecified atom stereocenters. The Labute approximate surface area is 129 Å². The zero-order valence-electron chi connectivity index (χ0n) is 11.3. The topological polar surface area (TPSA) is 122 Å². The van der Waals surface area contributed by atoms with Crippen LogP contribution in [0.5, 0.6) is 0 Å². The predicted octanol–water partition coefficient (Wildman–Crippen LogP) is 1.96. The normalized spacial score (nSPS) is 12.1. The summed E-state index contributed by atoms with van der Waals surface area (Å²) in [6.07, 6.45) is 1.96. The van der Waals surface area contributed by atoms with E-state index in [1.165, 1.54) is 0 Å². The number of furan rings is 1. The highest BCUT2D eigenvalue weighted by atomic mass is 32.2. The molecule has 2 rings (SSSR count). The van der Waals surface area contributed by atoms with Gasteiger partial charge >= 0.3 is 5.97 Å². The lowest BCUT2D eigenvalue weighted by Gasteiger charge is -2.03. The number of aliphatic hydroxyl groups is 1. The van der Waals surface area contributed by atoms with E-state index < -0.39 is 43.6 Å². The molecular formula is C14H9FO7S. The molecule has 0 amide bonds. The third-order valence-electron chi connectivity index (χ3n) is 2.79. The molecule has 0 aliphatic carbocycles. The Morgan fingerprint density at radius 3 is 2.26 bits per heavy atom. The number of halogens is 1. The second-order valence-electron chi connectivity index (χ2n) is 4.31. The number of carbonyl (C=O) groups is 2. The molecule has 23 heavy (non-hydrogen) atoms. The summed E-state index contributed by atoms with van der Waals surface area (Å²) in [4.78, 5) is 21.6. The quantitative estimate of drug-likeness (QED) is 0.369. The molecule has 2 aromatic rings. The maximum Gasteiger partial charge on any atom is 0.371 e. The van der Waals surface area contributed by atoms with Gasteiger partial charge in [0.1, 0.15) is 23.2 Å². The molecule has 1 heterocycles. The largest absolute Gasteiger partial charge is 0.502 e. The van der Waals surface area contributed by atoms with E-state index in [4.69, 9.17) is 14.6 Å². The number of aliphatic carboxylic acids is 1. The first-order chi connectivity index (χ1) is 10.7. The van der Waals surface area contributed by atoms with Crippen LogP contribution in [0.3, 0.4) is 0 Å². The van der Waals surface area contributed by atoms with Crippen molar-refractivity contribution in [3.05, 3.63) is 60.0 Å². The highest BCUT2D eigenvalue weighted by Crippen LogP contribution is 2.26. The van der Waals surface area contributed by atoms with Crippen LogP contribution in [0.25, 0.3) is 0 Å². The van der Waals surface area contributed by atoms with Crippen LogP contribution < -0.4 is 0 Å². The number of ketones is 1. The Morgan fingerprint density at radius 1 is 1.09 bits per heavy atom. The average molecular weight is 340 g/mol. The smallest absolute Gasteiger partial charge is 0.371 e. The van der Waals surface area contributed by atoms with Crippen molar-refractivity contribution in [3.8, 4) is 0 Å². The third kappa shape index (κ3) is 3.29. The van der Waals surface area contributed by atoms with Gasteiger partial charge in [-0.2, -0.15) is 0 Å². The molecule has 0 atom stereocenters. The Bertz CT molecular complexity index is 891. The lowest BCUT2D eigenvalue weighted by Crippen LogP contribution is -2.08. The van der Waals surface area contributed by atoms with Crippen molar-refractivity contribution in [2.45, 2.75) is 9.79 Å². The number of sulfone groups is 1. The summed E-state index contributed by atoms with van der Waals surface area (Å²) >= 11 is 0. The zero-order valence-corrected chi connectivity index (χ0v) is 12.1. The van der Waals surface area contributed by atoms with E-state index in [0.29, 0.717) is 6.08 Å². The van der Waals surface area contributed by atoms with Crippen molar-refractivity contribution < 1.29 is 37.0 Å². The summed E-state index contributed by atoms with van der Waals surface area (Å²) in [5.74, 6) is -4.70. The molecule has 2 N–H and O–H groups in total. The number of hydrogen-bond acceptors (Lipinski definition) is 6. The number of aliphatic hydroxyl groups excluding tert-OH is 1. The van der Waals surface area contributed by atoms with Crippen LogP contribution in [-0.4, -0.2) is 30.4 Å². The van der Waals surface area contributed by atoms with Crippen LogP contribution in [0.1, 0.15) is 10.4 Å². The minimum absolute atomic E-state index is 0.277. The van der Waals surface area contributed by atoms with E-state index in [1.807, 2.05) is 0 Å². The predicted molar refractivity (Wildman–Crippen MR) is 73.2 cm³/mol. The first-order valence-corrected chi connectivity index (χ1v) is 7.47. The summed E-state index contributed by atoms with van der Waals surface area (Å²) in [7, 11) is -4.18. The Hall–Kier alpha value is -2.94. The molecule has 0 aliphatic rings. The lowest BCUT2D eigenvalue weighted by molar-refractivity contribution is -0.135. The molecule has 9 heteroatoms. The molecule has 0 saturated carbocycles. The molecule has 0 saturated heterocycles. The van der Waals surface area contributed by atoms with Gasteiger partial charge in [-0.3, -0.25) is 4.79 Å². The van der Waals surface area contributed by atoms with Crippen LogP contribution >= 0.6 is 0 Å². The highest BCUT2D eigenvalue weighted by Gasteiger charge is 2.26. The molecule has 0 bridgehead atoms. The van der Waals surface area contributed by atoms with Gasteiger partial charge in [0.15, 0.2) is 5.78 Å². The number of carbonyl (C=O) groups excluding carboxylic acids is 1. The minimum Gasteiger partial charge on any atom is -0.502 e. The van der Waals surface area contributed by atoms with Gasteiger partial charge in [-0.05, 0) is 24.3 Å². The minimum atomic E-state index is -4.18. The van der Waals surface area contributed by atoms with Crippen molar-refractivity contribution in [1.29, 1.82) is 0 Å². The van der Waals surface area contributed by atoms with Gasteiger partial charge in [-0.15, -0.1) is 0 Å². The molecule has 120 valence electrons. The van der Waals surface area contributed by atoms with Crippen LogP contribution in [-0.2, 0) is 14.6 Å². The van der Waals surface area contributed by atoms with E-state index in [9.17, 15) is 22.4 Å². The molecular weight excluding hydrogens is 331 g/mol. The zero-order chi connectivity index (χ0) is 17.2. The first-order valence-electron chi connectivity index (χ1n) is 5.98. The van der Waals surface area contributed by atoms with Gasteiger partial charge in [0.25, 0.3) is 0 Å². The van der Waals surface area contributed by atoms with Crippen LogP contribution in [0.2, 0.25) is 0 Å². The maximum atomic E-state index is 12.9. The third-order valence-corrected chi connectivity index (χ3v) is 4.58. The van der Waals surface area contributed by atoms with Crippen molar-refractivity contribution in [2.24, 2.45) is 0 Å². The second kappa shape index (κ2) is 6.05. The van der Waals surface area contributed by atoms with Gasteiger partial charge in [-0.1, -0.05) is 0 Å². The van der Waals surface area contributed by atoms with Crippen molar-refractivity contribution in [3.63, 3.8) is 0 Å². The maximum absolute atomic E-state index is 12.9. The van der Waals surface area contributed by atoms with Gasteiger partial charge in [0.05, 0.1) is 10.5 Å². The van der Waals surface area contributed by atoms with E-state index in [-0.39, 0.29) is 4.90 Å². The summed E-state index contributed by atoms with van der Waals surface area (Å²) < 4.78 is 42.4. The first kappa shape index (κ1) is 16.4. The summed E-state index contributed by atoms with van der Waals surface area (Å²) in [5, 5.41) is 17.6. The second-order valence-corrected chi connectivity index (χ2v) is 6.22. The van der Waals surface area contributed by atoms with Gasteiger partial charge < -0.3 is 14.6 Å². The van der Waals surface area contributed by atoms with Gasteiger partial charge in [0, 0.05) is 6.08 Å². The van der Waals surface area contributed by atoms with E-state index in [2.05, 4.69) is 0 Å². The number of carboxylic acids is 1. The van der Waals surface area contributed by atoms with Crippen LogP contribution in [0, 0.1) is 5.82 Å². The van der Waals surface area contributed by atoms with Crippen molar-refractivity contribution in [2.75, 3.05) is 0 Å².